The van der Waals surface area contributed by atoms with Crippen LogP contribution in [0.1, 0.15) is 63.9 Å². The van der Waals surface area contributed by atoms with Gasteiger partial charge in [0, 0.05) is 24.6 Å². The van der Waals surface area contributed by atoms with Gasteiger partial charge in [-0.15, -0.1) is 0 Å². The number of ether oxygens (including phenoxy) is 14. The summed E-state index contributed by atoms with van der Waals surface area (Å²) in [5.41, 5.74) is 4.53. The lowest BCUT2D eigenvalue weighted by atomic mass is 10.1. The van der Waals surface area contributed by atoms with Crippen molar-refractivity contribution in [3.63, 3.8) is 0 Å². The van der Waals surface area contributed by atoms with Crippen LogP contribution in [0, 0.1) is 13.8 Å². The van der Waals surface area contributed by atoms with E-state index in [4.69, 9.17) is 66.6 Å². The van der Waals surface area contributed by atoms with Crippen molar-refractivity contribution in [2.75, 3.05) is 59.6 Å². The SMILES string of the molecule is C=C=COOCCCCOc1ccc(OCOc2ccc(OC(=O)c3ccc(OCCCCOC(=O)C=C)cc3)cc2C)cc1.C=CC(=O)OCCOC(=O)Oc1ccc(C(=O)Oc2ccc(OC(=O)C3=CCC(OC(=O)OCCOC(=O)C=C)C=C3)c(C)c2)cc1. The molecule has 484 valence electrons. The van der Waals surface area contributed by atoms with Crippen LogP contribution < -0.4 is 37.9 Å². The molecule has 24 nitrogen and oxygen atoms in total. The zero-order valence-corrected chi connectivity index (χ0v) is 50.5. The van der Waals surface area contributed by atoms with E-state index in [2.05, 4.69) is 41.5 Å². The Kier molecular flexibility index (Phi) is 31.2. The standard InChI is InChI=1S/C35H38O10.C33H30O14/c1-4-20-43-44-24-9-8-22-39-30-14-16-31(17-15-30)41-26-42-33-19-18-32(25-27(33)3)45-35(37)28-10-12-29(13-11-28)38-21-6-7-23-40-34(36)5-2;1-4-28(34)40-16-18-42-32(38)45-24-10-6-22(7-11-24)30(36)44-26-14-15-27(21(3)20-26)47-31(37)23-8-12-25(13-9-23)46-33(39)43-19-17-41-29(35)5-2/h5,10-20,25H,1-2,6-9,21-24,26H2,3H3;4-12,14-15,20,25H,1-2,13,16-19H2,3H3. The Morgan fingerprint density at radius 1 is 0.467 bits per heavy atom. The summed E-state index contributed by atoms with van der Waals surface area (Å²) in [6.07, 6.45) is 9.37. The van der Waals surface area contributed by atoms with Gasteiger partial charge in [-0.05, 0) is 172 Å². The quantitative estimate of drug-likeness (QED) is 0.00311. The fourth-order valence-corrected chi connectivity index (χ4v) is 7.25. The second-order valence-corrected chi connectivity index (χ2v) is 18.6. The predicted molar refractivity (Wildman–Crippen MR) is 327 cm³/mol. The largest absolute Gasteiger partial charge is 0.513 e. The maximum Gasteiger partial charge on any atom is 0.513 e. The Hall–Kier alpha value is -11.4. The third kappa shape index (κ3) is 27.4. The number of aryl methyl sites for hydroxylation is 2. The van der Waals surface area contributed by atoms with Gasteiger partial charge in [-0.1, -0.05) is 38.1 Å². The van der Waals surface area contributed by atoms with Gasteiger partial charge in [-0.3, -0.25) is 0 Å². The average molecular weight is 1270 g/mol. The molecule has 0 aromatic heterocycles. The van der Waals surface area contributed by atoms with Crippen LogP contribution in [0.25, 0.3) is 0 Å². The fourth-order valence-electron chi connectivity index (χ4n) is 7.25. The Morgan fingerprint density at radius 2 is 0.924 bits per heavy atom. The van der Waals surface area contributed by atoms with Gasteiger partial charge in [0.1, 0.15) is 78.5 Å². The van der Waals surface area contributed by atoms with Gasteiger partial charge in [-0.25, -0.2) is 38.4 Å². The number of hydrogen-bond acceptors (Lipinski definition) is 24. The van der Waals surface area contributed by atoms with Crippen LogP contribution >= 0.6 is 0 Å². The number of rotatable bonds is 35. The summed E-state index contributed by atoms with van der Waals surface area (Å²) in [5, 5.41) is 0. The van der Waals surface area contributed by atoms with E-state index in [1.807, 2.05) is 19.1 Å². The first-order valence-electron chi connectivity index (χ1n) is 28.3. The van der Waals surface area contributed by atoms with Crippen molar-refractivity contribution in [3.05, 3.63) is 212 Å². The van der Waals surface area contributed by atoms with E-state index in [-0.39, 0.29) is 68.0 Å². The molecule has 0 amide bonds. The van der Waals surface area contributed by atoms with Crippen LogP contribution in [0.3, 0.4) is 0 Å². The van der Waals surface area contributed by atoms with Crippen LogP contribution in [0.15, 0.2) is 190 Å². The molecule has 0 bridgehead atoms. The number of esters is 6. The fraction of sp³-hybridized carbons (Fsp3) is 0.250. The molecular weight excluding hydrogens is 1200 g/mol. The number of unbranched alkanes of at least 4 members (excludes halogenated alkanes) is 2. The van der Waals surface area contributed by atoms with Gasteiger partial charge < -0.3 is 71.2 Å². The number of hydrogen-bond donors (Lipinski definition) is 0. The molecular formula is C68H68O24. The van der Waals surface area contributed by atoms with Gasteiger partial charge in [-0.2, -0.15) is 4.89 Å². The smallest absolute Gasteiger partial charge is 0.494 e. The van der Waals surface area contributed by atoms with Crippen molar-refractivity contribution < 1.29 is 114 Å². The molecule has 1 unspecified atom stereocenters. The predicted octanol–water partition coefficient (Wildman–Crippen LogP) is 11.4. The number of carbonyl (C=O) groups excluding carboxylic acids is 8. The van der Waals surface area contributed by atoms with Gasteiger partial charge in [0.2, 0.25) is 6.79 Å². The van der Waals surface area contributed by atoms with Gasteiger partial charge in [0.15, 0.2) is 6.26 Å². The molecule has 5 aromatic carbocycles. The van der Waals surface area contributed by atoms with Crippen LogP contribution in [0.5, 0.6) is 46.0 Å². The molecule has 0 saturated heterocycles. The van der Waals surface area contributed by atoms with E-state index >= 15 is 0 Å². The highest BCUT2D eigenvalue weighted by molar-refractivity contribution is 5.94. The molecule has 0 saturated carbocycles. The molecule has 1 aliphatic rings. The highest BCUT2D eigenvalue weighted by Gasteiger charge is 2.21. The van der Waals surface area contributed by atoms with Crippen molar-refractivity contribution in [2.24, 2.45) is 0 Å². The minimum absolute atomic E-state index is 0.000471. The summed E-state index contributed by atoms with van der Waals surface area (Å²) in [6, 6.07) is 29.0. The van der Waals surface area contributed by atoms with Crippen LogP contribution in [-0.4, -0.2) is 114 Å². The summed E-state index contributed by atoms with van der Waals surface area (Å²) in [5.74, 6) is -0.0549. The first-order chi connectivity index (χ1) is 44.5. The van der Waals surface area contributed by atoms with Crippen molar-refractivity contribution in [2.45, 2.75) is 52.1 Å². The Morgan fingerprint density at radius 3 is 1.43 bits per heavy atom. The molecule has 1 aliphatic carbocycles. The lowest BCUT2D eigenvalue weighted by molar-refractivity contribution is -0.249. The first kappa shape index (κ1) is 71.4. The van der Waals surface area contributed by atoms with Crippen LogP contribution in [0.4, 0.5) is 9.59 Å². The summed E-state index contributed by atoms with van der Waals surface area (Å²) in [7, 11) is 0. The normalized spacial score (nSPS) is 11.7. The molecule has 0 aliphatic heterocycles. The zero-order chi connectivity index (χ0) is 66.3. The Labute approximate surface area is 530 Å². The topological polar surface area (TPSA) is 284 Å². The second kappa shape index (κ2) is 40.2. The average Bonchev–Trinajstić information content (AvgIpc) is 1.02. The summed E-state index contributed by atoms with van der Waals surface area (Å²) in [6.45, 7) is 17.8. The van der Waals surface area contributed by atoms with E-state index in [1.54, 1.807) is 67.6 Å². The van der Waals surface area contributed by atoms with Crippen molar-refractivity contribution >= 4 is 48.1 Å². The molecule has 24 heteroatoms. The Bertz CT molecular complexity index is 3410. The number of carbonyl (C=O) groups is 8. The van der Waals surface area contributed by atoms with Crippen LogP contribution in [-0.2, 0) is 57.4 Å². The van der Waals surface area contributed by atoms with E-state index < -0.39 is 54.2 Å². The minimum Gasteiger partial charge on any atom is -0.494 e. The summed E-state index contributed by atoms with van der Waals surface area (Å²) < 4.78 is 73.2. The van der Waals surface area contributed by atoms with E-state index in [1.165, 1.54) is 60.9 Å². The van der Waals surface area contributed by atoms with Crippen molar-refractivity contribution in [1.29, 1.82) is 0 Å². The van der Waals surface area contributed by atoms with Crippen molar-refractivity contribution in [1.82, 2.24) is 0 Å². The highest BCUT2D eigenvalue weighted by atomic mass is 17.2. The molecule has 0 fully saturated rings. The molecule has 92 heavy (non-hydrogen) atoms. The maximum absolute atomic E-state index is 12.7. The lowest BCUT2D eigenvalue weighted by Gasteiger charge is -2.17. The molecule has 0 N–H and O–H groups in total. The van der Waals surface area contributed by atoms with Crippen LogP contribution in [0.2, 0.25) is 0 Å². The first-order valence-corrected chi connectivity index (χ1v) is 28.3. The lowest BCUT2D eigenvalue weighted by Crippen LogP contribution is -2.21. The van der Waals surface area contributed by atoms with E-state index in [0.717, 1.165) is 42.4 Å². The van der Waals surface area contributed by atoms with Gasteiger partial charge in [0.25, 0.3) is 0 Å². The third-order valence-electron chi connectivity index (χ3n) is 11.8. The van der Waals surface area contributed by atoms with Crippen molar-refractivity contribution in [3.8, 4) is 46.0 Å². The minimum atomic E-state index is -1.03. The second-order valence-electron chi connectivity index (χ2n) is 18.6. The molecule has 5 aromatic rings. The summed E-state index contributed by atoms with van der Waals surface area (Å²) in [4.78, 5) is 104. The molecule has 0 spiro atoms. The molecule has 1 atom stereocenters. The zero-order valence-electron chi connectivity index (χ0n) is 50.5. The molecule has 0 radical (unpaired) electrons. The van der Waals surface area contributed by atoms with E-state index in [0.29, 0.717) is 73.4 Å². The highest BCUT2D eigenvalue weighted by Crippen LogP contribution is 2.28. The van der Waals surface area contributed by atoms with Gasteiger partial charge >= 0.3 is 48.1 Å². The summed E-state index contributed by atoms with van der Waals surface area (Å²) >= 11 is 0. The maximum atomic E-state index is 12.7. The van der Waals surface area contributed by atoms with Gasteiger partial charge in [0.05, 0.1) is 43.1 Å². The third-order valence-corrected chi connectivity index (χ3v) is 11.8. The number of benzene rings is 5. The van der Waals surface area contributed by atoms with E-state index in [9.17, 15) is 38.4 Å². The monoisotopic (exact) mass is 1270 g/mol. The molecule has 6 rings (SSSR count). The Balaban J connectivity index is 0.000000334. The molecule has 0 heterocycles.